The van der Waals surface area contributed by atoms with Gasteiger partial charge in [-0.2, -0.15) is 13.2 Å². The zero-order valence-electron chi connectivity index (χ0n) is 18.7. The zero-order valence-corrected chi connectivity index (χ0v) is 19.5. The van der Waals surface area contributed by atoms with Gasteiger partial charge in [-0.15, -0.1) is 0 Å². The molecule has 2 saturated carbocycles. The topological polar surface area (TPSA) is 54.0 Å². The van der Waals surface area contributed by atoms with E-state index in [0.29, 0.717) is 53.8 Å². The number of pyridine rings is 1. The van der Waals surface area contributed by atoms with Crippen LogP contribution in [0.15, 0.2) is 48.5 Å². The Hall–Kier alpha value is -2.87. The molecule has 2 fully saturated rings. The molecule has 2 aliphatic carbocycles. The van der Waals surface area contributed by atoms with Crippen LogP contribution in [0, 0.1) is 11.7 Å². The summed E-state index contributed by atoms with van der Waals surface area (Å²) in [6.45, 7) is 0. The first-order chi connectivity index (χ1) is 16.7. The Kier molecular flexibility index (Phi) is 6.34. The van der Waals surface area contributed by atoms with Crippen LogP contribution in [0.3, 0.4) is 0 Å². The summed E-state index contributed by atoms with van der Waals surface area (Å²) in [6.07, 6.45) is -1.12. The van der Waals surface area contributed by atoms with Gasteiger partial charge in [-0.05, 0) is 73.9 Å². The summed E-state index contributed by atoms with van der Waals surface area (Å²) < 4.78 is 54.1. The van der Waals surface area contributed by atoms with Crippen molar-refractivity contribution in [1.82, 2.24) is 10.3 Å². The molecule has 0 aliphatic heterocycles. The molecule has 1 heterocycles. The molecule has 2 aromatic carbocycles. The van der Waals surface area contributed by atoms with Crippen LogP contribution in [0.25, 0.3) is 10.9 Å². The molecule has 3 aromatic rings. The van der Waals surface area contributed by atoms with Crippen LogP contribution in [0.5, 0.6) is 0 Å². The number of rotatable bonds is 5. The number of halogens is 5. The minimum absolute atomic E-state index is 0.00298. The molecule has 2 aliphatic rings. The molecular formula is C26H24ClF4N3O. The molecule has 2 N–H and O–H groups in total. The lowest BCUT2D eigenvalue weighted by Crippen LogP contribution is -2.41. The third kappa shape index (κ3) is 5.22. The summed E-state index contributed by atoms with van der Waals surface area (Å²) in [5, 5.41) is 7.29. The van der Waals surface area contributed by atoms with Crippen LogP contribution >= 0.6 is 11.6 Å². The molecule has 9 heteroatoms. The van der Waals surface area contributed by atoms with E-state index in [9.17, 15) is 22.4 Å². The Labute approximate surface area is 205 Å². The lowest BCUT2D eigenvalue weighted by atomic mass is 9.90. The highest BCUT2D eigenvalue weighted by atomic mass is 35.5. The predicted octanol–water partition coefficient (Wildman–Crippen LogP) is 6.69. The molecule has 1 aromatic heterocycles. The third-order valence-corrected chi connectivity index (χ3v) is 7.16. The number of fused-ring (bicyclic) bond motifs is 1. The predicted molar refractivity (Wildman–Crippen MR) is 127 cm³/mol. The molecule has 0 radical (unpaired) electrons. The quantitative estimate of drug-likeness (QED) is 0.380. The number of alkyl halides is 3. The van der Waals surface area contributed by atoms with Crippen molar-refractivity contribution in [3.05, 3.63) is 70.6 Å². The average molecular weight is 506 g/mol. The smallest absolute Gasteiger partial charge is 0.382 e. The normalized spacial score (nSPS) is 24.3. The Morgan fingerprint density at radius 2 is 1.71 bits per heavy atom. The van der Waals surface area contributed by atoms with Gasteiger partial charge in [0.1, 0.15) is 11.5 Å². The maximum atomic E-state index is 14.0. The van der Waals surface area contributed by atoms with Crippen molar-refractivity contribution in [2.75, 3.05) is 5.32 Å². The maximum Gasteiger partial charge on any atom is 0.433 e. The van der Waals surface area contributed by atoms with Crippen molar-refractivity contribution in [2.45, 2.75) is 56.3 Å². The van der Waals surface area contributed by atoms with Gasteiger partial charge in [-0.1, -0.05) is 29.8 Å². The van der Waals surface area contributed by atoms with Crippen LogP contribution in [0.2, 0.25) is 5.02 Å². The highest BCUT2D eigenvalue weighted by molar-refractivity contribution is 6.31. The Morgan fingerprint density at radius 1 is 1.00 bits per heavy atom. The van der Waals surface area contributed by atoms with Crippen molar-refractivity contribution in [3.8, 4) is 0 Å². The van der Waals surface area contributed by atoms with Crippen LogP contribution in [0.1, 0.15) is 49.3 Å². The van der Waals surface area contributed by atoms with E-state index < -0.39 is 11.9 Å². The molecule has 2 atom stereocenters. The van der Waals surface area contributed by atoms with Gasteiger partial charge in [-0.25, -0.2) is 9.37 Å². The van der Waals surface area contributed by atoms with Gasteiger partial charge >= 0.3 is 6.18 Å². The molecule has 0 bridgehead atoms. The number of benzene rings is 2. The van der Waals surface area contributed by atoms with Crippen molar-refractivity contribution in [3.63, 3.8) is 0 Å². The molecule has 35 heavy (non-hydrogen) atoms. The SMILES string of the molecule is O=C(NC1CCC(Nc2cc(C(F)(F)F)nc3ccc(Cl)cc23)CC1)C1CC1c1ccccc1F. The molecule has 1 amide bonds. The van der Waals surface area contributed by atoms with E-state index >= 15 is 0 Å². The highest BCUT2D eigenvalue weighted by Gasteiger charge is 2.45. The molecule has 4 nitrogen and oxygen atoms in total. The molecule has 0 spiro atoms. The first-order valence-corrected chi connectivity index (χ1v) is 12.1. The summed E-state index contributed by atoms with van der Waals surface area (Å²) in [5.41, 5.74) is 0.206. The highest BCUT2D eigenvalue weighted by Crippen LogP contribution is 2.48. The minimum atomic E-state index is -4.56. The Bertz CT molecular complexity index is 1260. The van der Waals surface area contributed by atoms with Gasteiger partial charge < -0.3 is 10.6 Å². The molecule has 5 rings (SSSR count). The number of aromatic nitrogens is 1. The van der Waals surface area contributed by atoms with Crippen molar-refractivity contribution in [2.24, 2.45) is 5.92 Å². The zero-order chi connectivity index (χ0) is 24.7. The second-order valence-electron chi connectivity index (χ2n) is 9.39. The number of amides is 1. The first kappa shape index (κ1) is 23.9. The lowest BCUT2D eigenvalue weighted by molar-refractivity contribution is -0.140. The number of carbonyl (C=O) groups excluding carboxylic acids is 1. The van der Waals surface area contributed by atoms with Crippen molar-refractivity contribution in [1.29, 1.82) is 0 Å². The van der Waals surface area contributed by atoms with Gasteiger partial charge in [0.25, 0.3) is 0 Å². The van der Waals surface area contributed by atoms with Gasteiger partial charge in [0.05, 0.1) is 5.52 Å². The van der Waals surface area contributed by atoms with Crippen LogP contribution in [-0.4, -0.2) is 23.0 Å². The summed E-state index contributed by atoms with van der Waals surface area (Å²) in [7, 11) is 0. The van der Waals surface area contributed by atoms with Crippen molar-refractivity contribution < 1.29 is 22.4 Å². The summed E-state index contributed by atoms with van der Waals surface area (Å²) in [5.74, 6) is -0.627. The van der Waals surface area contributed by atoms with Crippen molar-refractivity contribution >= 4 is 34.1 Å². The van der Waals surface area contributed by atoms with Crippen LogP contribution in [-0.2, 0) is 11.0 Å². The number of hydrogen-bond acceptors (Lipinski definition) is 3. The summed E-state index contributed by atoms with van der Waals surface area (Å²) in [4.78, 5) is 16.4. The number of anilines is 1. The fourth-order valence-corrected chi connectivity index (χ4v) is 5.15. The second kappa shape index (κ2) is 9.30. The monoisotopic (exact) mass is 505 g/mol. The number of nitrogens with zero attached hydrogens (tertiary/aromatic N) is 1. The number of nitrogens with one attached hydrogen (secondary N) is 2. The first-order valence-electron chi connectivity index (χ1n) is 11.7. The maximum absolute atomic E-state index is 14.0. The number of hydrogen-bond donors (Lipinski definition) is 2. The van der Waals surface area contributed by atoms with E-state index in [2.05, 4.69) is 15.6 Å². The fraction of sp³-hybridized carbons (Fsp3) is 0.385. The molecular weight excluding hydrogens is 482 g/mol. The van der Waals surface area contributed by atoms with Gasteiger partial charge in [0, 0.05) is 34.1 Å². The molecule has 184 valence electrons. The third-order valence-electron chi connectivity index (χ3n) is 6.93. The van der Waals surface area contributed by atoms with Crippen LogP contribution < -0.4 is 10.6 Å². The second-order valence-corrected chi connectivity index (χ2v) is 9.82. The Balaban J connectivity index is 1.20. The standard InChI is InChI=1S/C26H24ClF4N3O/c27-14-5-10-22-20(11-14)23(13-24(34-22)26(29,30)31)32-15-6-8-16(9-7-15)33-25(35)19-12-18(19)17-3-1-2-4-21(17)28/h1-5,10-11,13,15-16,18-19H,6-9,12H2,(H,32,34)(H,33,35). The van der Waals surface area contributed by atoms with Gasteiger partial charge in [0.15, 0.2) is 0 Å². The summed E-state index contributed by atoms with van der Waals surface area (Å²) >= 11 is 6.08. The van der Waals surface area contributed by atoms with Crippen LogP contribution in [0.4, 0.5) is 23.2 Å². The lowest BCUT2D eigenvalue weighted by Gasteiger charge is -2.31. The van der Waals surface area contributed by atoms with Gasteiger partial charge in [-0.3, -0.25) is 4.79 Å². The molecule has 2 unspecified atom stereocenters. The van der Waals surface area contributed by atoms with E-state index in [-0.39, 0.29) is 41.2 Å². The molecule has 0 saturated heterocycles. The summed E-state index contributed by atoms with van der Waals surface area (Å²) in [6, 6.07) is 12.1. The largest absolute Gasteiger partial charge is 0.433 e. The number of carbonyl (C=O) groups is 1. The van der Waals surface area contributed by atoms with E-state index in [4.69, 9.17) is 11.6 Å². The Morgan fingerprint density at radius 3 is 2.43 bits per heavy atom. The average Bonchev–Trinajstić information content (AvgIpc) is 3.61. The van der Waals surface area contributed by atoms with E-state index in [0.717, 1.165) is 6.07 Å². The van der Waals surface area contributed by atoms with E-state index in [1.54, 1.807) is 24.3 Å². The fourth-order valence-electron chi connectivity index (χ4n) is 4.98. The minimum Gasteiger partial charge on any atom is -0.382 e. The van der Waals surface area contributed by atoms with E-state index in [1.165, 1.54) is 18.2 Å². The van der Waals surface area contributed by atoms with E-state index in [1.807, 2.05) is 0 Å². The van der Waals surface area contributed by atoms with Gasteiger partial charge in [0.2, 0.25) is 5.91 Å².